The van der Waals surface area contributed by atoms with Crippen molar-refractivity contribution in [3.8, 4) is 0 Å². The molecule has 0 aliphatic rings. The Morgan fingerprint density at radius 2 is 1.00 bits per heavy atom. The van der Waals surface area contributed by atoms with Crippen LogP contribution < -0.4 is 0 Å². The molecule has 0 bridgehead atoms. The van der Waals surface area contributed by atoms with E-state index in [2.05, 4.69) is 119 Å². The zero-order valence-electron chi connectivity index (χ0n) is 24.2. The average molecular weight is 507 g/mol. The van der Waals surface area contributed by atoms with Crippen LogP contribution in [0.2, 0.25) is 0 Å². The molecular formula is C30H46BN2P2+. The lowest BCUT2D eigenvalue weighted by atomic mass is 10.1. The summed E-state index contributed by atoms with van der Waals surface area (Å²) in [7, 11) is 5.15. The molecular weight excluding hydrogens is 461 g/mol. The van der Waals surface area contributed by atoms with Gasteiger partial charge in [0.25, 0.3) is 0 Å². The van der Waals surface area contributed by atoms with Crippen molar-refractivity contribution in [3.63, 3.8) is 0 Å². The van der Waals surface area contributed by atoms with Crippen LogP contribution in [0.4, 0.5) is 0 Å². The molecule has 0 aliphatic heterocycles. The van der Waals surface area contributed by atoms with E-state index in [0.29, 0.717) is 0 Å². The smallest absolute Gasteiger partial charge is 0.250 e. The van der Waals surface area contributed by atoms with Gasteiger partial charge in [-0.25, -0.2) is 4.98 Å². The second-order valence-corrected chi connectivity index (χ2v) is 22.7. The fourth-order valence-corrected chi connectivity index (χ4v) is 12.5. The van der Waals surface area contributed by atoms with Gasteiger partial charge in [0.2, 0.25) is 0 Å². The van der Waals surface area contributed by atoms with Crippen LogP contribution >= 0.6 is 15.1 Å². The molecule has 0 unspecified atom stereocenters. The molecule has 2 heterocycles. The standard InChI is InChI=1S/C30H46BN2P2/c1-27(2,3)34(28(4,5)6)19-23-17-15-21-13-14-22-16-18-24(33-26(22)25(21)32-23)20-35(31,29(7,8)9)30(10,11)12/h13-18H,19-20H2,1-12H3/q+1. The summed E-state index contributed by atoms with van der Waals surface area (Å²) >= 11 is 0. The minimum Gasteiger partial charge on any atom is -0.250 e. The highest BCUT2D eigenvalue weighted by atomic mass is 31.2. The fourth-order valence-electron chi connectivity index (χ4n) is 5.40. The van der Waals surface area contributed by atoms with E-state index < -0.39 is 7.14 Å². The van der Waals surface area contributed by atoms with E-state index >= 15 is 0 Å². The highest BCUT2D eigenvalue weighted by molar-refractivity contribution is 7.99. The van der Waals surface area contributed by atoms with Crippen molar-refractivity contribution < 1.29 is 0 Å². The second kappa shape index (κ2) is 9.37. The van der Waals surface area contributed by atoms with Crippen LogP contribution in [0.25, 0.3) is 21.8 Å². The predicted molar refractivity (Wildman–Crippen MR) is 163 cm³/mol. The molecule has 1 aromatic carbocycles. The Balaban J connectivity index is 2.12. The van der Waals surface area contributed by atoms with Gasteiger partial charge in [-0.15, -0.1) is 0 Å². The molecule has 35 heavy (non-hydrogen) atoms. The molecule has 0 atom stereocenters. The Morgan fingerprint density at radius 3 is 1.40 bits per heavy atom. The number of nitrogens with zero attached hydrogens (tertiary/aromatic N) is 2. The number of fused-ring (bicyclic) bond motifs is 3. The fraction of sp³-hybridized carbons (Fsp3) is 0.600. The SMILES string of the molecule is [B][P+](Cc1ccc2ccc3ccc(CP(C(C)(C)C)C(C)(C)C)nc3c2n1)(C(C)(C)C)C(C)(C)C. The summed E-state index contributed by atoms with van der Waals surface area (Å²) in [5, 5.41) is 2.92. The number of hydrogen-bond donors (Lipinski definition) is 0. The molecule has 0 aliphatic carbocycles. The van der Waals surface area contributed by atoms with Crippen LogP contribution in [0.3, 0.4) is 0 Å². The van der Waals surface area contributed by atoms with Gasteiger partial charge in [-0.1, -0.05) is 73.7 Å². The van der Waals surface area contributed by atoms with Crippen molar-refractivity contribution in [3.05, 3.63) is 47.8 Å². The minimum absolute atomic E-state index is 0.0448. The van der Waals surface area contributed by atoms with Crippen molar-refractivity contribution in [1.82, 2.24) is 9.97 Å². The topological polar surface area (TPSA) is 25.8 Å². The Kier molecular flexibility index (Phi) is 7.64. The summed E-state index contributed by atoms with van der Waals surface area (Å²) in [5.74, 6) is 0. The van der Waals surface area contributed by atoms with Gasteiger partial charge in [0.1, 0.15) is 0 Å². The summed E-state index contributed by atoms with van der Waals surface area (Å²) in [5.41, 5.74) is 4.29. The van der Waals surface area contributed by atoms with E-state index in [1.807, 2.05) is 0 Å². The zero-order valence-corrected chi connectivity index (χ0v) is 26.0. The summed E-state index contributed by atoms with van der Waals surface area (Å²) in [4.78, 5) is 10.5. The third-order valence-corrected chi connectivity index (χ3v) is 16.9. The maximum Gasteiger partial charge on any atom is 0.366 e. The summed E-state index contributed by atoms with van der Waals surface area (Å²) < 4.78 is 0. The molecule has 0 fully saturated rings. The third-order valence-electron chi connectivity index (χ3n) is 7.38. The molecule has 0 amide bonds. The predicted octanol–water partition coefficient (Wildman–Crippen LogP) is 9.56. The van der Waals surface area contributed by atoms with E-state index in [-0.39, 0.29) is 28.5 Å². The van der Waals surface area contributed by atoms with Gasteiger partial charge in [-0.2, -0.15) is 0 Å². The van der Waals surface area contributed by atoms with Crippen LogP contribution in [-0.4, -0.2) is 38.2 Å². The first kappa shape index (κ1) is 28.5. The molecule has 0 N–H and O–H groups in total. The van der Waals surface area contributed by atoms with Crippen molar-refractivity contribution in [2.45, 2.75) is 116 Å². The van der Waals surface area contributed by atoms with E-state index in [9.17, 15) is 0 Å². The molecule has 2 nitrogen and oxygen atoms in total. The molecule has 0 saturated heterocycles. The molecule has 3 rings (SSSR count). The first-order valence-corrected chi connectivity index (χ1v) is 16.4. The van der Waals surface area contributed by atoms with Crippen LogP contribution in [0.1, 0.15) is 94.5 Å². The number of pyridine rings is 2. The van der Waals surface area contributed by atoms with Gasteiger partial charge in [0.15, 0.2) is 0 Å². The molecule has 3 aromatic rings. The van der Waals surface area contributed by atoms with Gasteiger partial charge in [0, 0.05) is 22.6 Å². The lowest BCUT2D eigenvalue weighted by Crippen LogP contribution is -2.35. The number of rotatable bonds is 4. The highest BCUT2D eigenvalue weighted by Gasteiger charge is 2.53. The molecule has 0 spiro atoms. The normalized spacial score (nSPS) is 14.3. The van der Waals surface area contributed by atoms with Crippen LogP contribution in [0, 0.1) is 0 Å². The zero-order chi connectivity index (χ0) is 26.6. The van der Waals surface area contributed by atoms with Crippen LogP contribution in [-0.2, 0) is 12.3 Å². The molecule has 5 heteroatoms. The van der Waals surface area contributed by atoms with Crippen LogP contribution in [0.15, 0.2) is 36.4 Å². The van der Waals surface area contributed by atoms with Crippen molar-refractivity contribution in [2.75, 3.05) is 0 Å². The van der Waals surface area contributed by atoms with Gasteiger partial charge in [-0.05, 0) is 71.1 Å². The summed E-state index contributed by atoms with van der Waals surface area (Å²) in [6.07, 6.45) is 1.87. The lowest BCUT2D eigenvalue weighted by Gasteiger charge is -2.45. The lowest BCUT2D eigenvalue weighted by molar-refractivity contribution is 0.695. The largest absolute Gasteiger partial charge is 0.366 e. The first-order chi connectivity index (χ1) is 15.7. The van der Waals surface area contributed by atoms with Crippen LogP contribution in [0.5, 0.6) is 0 Å². The van der Waals surface area contributed by atoms with Crippen molar-refractivity contribution in [2.24, 2.45) is 0 Å². The second-order valence-electron chi connectivity index (χ2n) is 14.1. The summed E-state index contributed by atoms with van der Waals surface area (Å²) in [6, 6.07) is 13.2. The minimum atomic E-state index is -1.84. The Bertz CT molecular complexity index is 1180. The highest BCUT2D eigenvalue weighted by Crippen LogP contribution is 2.74. The van der Waals surface area contributed by atoms with Gasteiger partial charge in [-0.3, -0.25) is 4.98 Å². The first-order valence-electron chi connectivity index (χ1n) is 12.9. The monoisotopic (exact) mass is 507 g/mol. The molecule has 2 radical (unpaired) electrons. The summed E-state index contributed by atoms with van der Waals surface area (Å²) in [6.45, 7) is 28.0. The van der Waals surface area contributed by atoms with Gasteiger partial charge in [0.05, 0.1) is 33.2 Å². The quantitative estimate of drug-likeness (QED) is 0.200. The van der Waals surface area contributed by atoms with E-state index in [1.165, 1.54) is 5.69 Å². The van der Waals surface area contributed by atoms with Crippen molar-refractivity contribution in [1.29, 1.82) is 0 Å². The average Bonchev–Trinajstić information content (AvgIpc) is 2.68. The number of aromatic nitrogens is 2. The molecule has 2 aromatic heterocycles. The van der Waals surface area contributed by atoms with Gasteiger partial charge < -0.3 is 0 Å². The Morgan fingerprint density at radius 1 is 0.629 bits per heavy atom. The van der Waals surface area contributed by atoms with E-state index in [0.717, 1.165) is 39.8 Å². The van der Waals surface area contributed by atoms with Crippen molar-refractivity contribution >= 4 is 44.4 Å². The van der Waals surface area contributed by atoms with E-state index in [4.69, 9.17) is 17.5 Å². The Hall–Kier alpha value is -1.04. The Labute approximate surface area is 217 Å². The number of benzene rings is 1. The maximum atomic E-state index is 7.26. The molecule has 188 valence electrons. The van der Waals surface area contributed by atoms with E-state index in [1.54, 1.807) is 0 Å². The molecule has 0 saturated carbocycles. The third kappa shape index (κ3) is 5.94. The number of hydrogen-bond acceptors (Lipinski definition) is 2. The maximum absolute atomic E-state index is 7.26. The van der Waals surface area contributed by atoms with Gasteiger partial charge >= 0.3 is 7.57 Å².